The molecule has 3 aliphatic rings. The summed E-state index contributed by atoms with van der Waals surface area (Å²) in [7, 11) is 3.60. The maximum absolute atomic E-state index is 7.13. The lowest BCUT2D eigenvalue weighted by atomic mass is 9.90. The Kier molecular flexibility index (Phi) is 24.1. The largest absolute Gasteiger partial charge is 0.493 e. The van der Waals surface area contributed by atoms with Gasteiger partial charge in [-0.25, -0.2) is 0 Å². The fourth-order valence-electron chi connectivity index (χ4n) is 13.2. The van der Waals surface area contributed by atoms with E-state index in [-0.39, 0.29) is 0 Å². The van der Waals surface area contributed by atoms with Gasteiger partial charge in [0.25, 0.3) is 0 Å². The van der Waals surface area contributed by atoms with Gasteiger partial charge in [-0.3, -0.25) is 0 Å². The Morgan fingerprint density at radius 1 is 0.247 bits per heavy atom. The summed E-state index contributed by atoms with van der Waals surface area (Å²) in [5.74, 6) is 7.40. The molecule has 490 valence electrons. The summed E-state index contributed by atoms with van der Waals surface area (Å²) in [5.41, 5.74) is 20.0. The number of hydrogen-bond acceptors (Lipinski definition) is 11. The van der Waals surface area contributed by atoms with Gasteiger partial charge in [0.05, 0.1) is 66.1 Å². The summed E-state index contributed by atoms with van der Waals surface area (Å²) in [6.45, 7) is 22.9. The highest BCUT2D eigenvalue weighted by Crippen LogP contribution is 2.48. The van der Waals surface area contributed by atoms with Gasteiger partial charge in [-0.1, -0.05) is 150 Å². The summed E-state index contributed by atoms with van der Waals surface area (Å²) in [5, 5.41) is 0. The van der Waals surface area contributed by atoms with E-state index in [1.165, 1.54) is 0 Å². The molecule has 1 heterocycles. The highest BCUT2D eigenvalue weighted by atomic mass is 33.1. The molecule has 93 heavy (non-hydrogen) atoms. The fraction of sp³-hybridized carbons (Fsp3) is 0.415. The standard InChI is InChI=1S/C82H96O9S2/c1-9-29-84-75-57-21-17-25-61(75)43-65-37-55-39-67(79(65)88-33-13-5)47-71-51-73(49-69(81(71)90-35-15-7)45-63-27-19-23-59(41-57)77(63)86-31-11-3)92-93-74-50-70-46-64-28-20-24-60(78(64)87-32-12-4)42-58-22-18-26-62(76(58)85-30-10-2)44-66-38-56(54-83-53-55)40-68(80(66)89-34-14-6)48-72(52-74)82(70)91-36-16-8/h17-28,37-40,49-52H,9-16,29-36,41-48,53-54H2,1-8H3. The first kappa shape index (κ1) is 67.2. The zero-order valence-corrected chi connectivity index (χ0v) is 58.1. The minimum Gasteiger partial charge on any atom is -0.493 e. The lowest BCUT2D eigenvalue weighted by Crippen LogP contribution is -2.11. The van der Waals surface area contributed by atoms with Crippen LogP contribution >= 0.6 is 21.6 Å². The quantitative estimate of drug-likeness (QED) is 0.0543. The normalized spacial score (nSPS) is 13.5. The topological polar surface area (TPSA) is 83.1 Å². The van der Waals surface area contributed by atoms with Gasteiger partial charge in [-0.05, 0) is 178 Å². The van der Waals surface area contributed by atoms with Crippen LogP contribution in [0, 0.1) is 0 Å². The predicted molar refractivity (Wildman–Crippen MR) is 380 cm³/mol. The molecule has 0 saturated carbocycles. The third-order valence-corrected chi connectivity index (χ3v) is 19.5. The average Bonchev–Trinajstić information content (AvgIpc) is 1.14. The molecule has 20 bridgehead atoms. The molecular weight excluding hydrogens is 1190 g/mol. The van der Waals surface area contributed by atoms with Crippen molar-refractivity contribution in [2.45, 2.75) is 181 Å². The van der Waals surface area contributed by atoms with Gasteiger partial charge < -0.3 is 42.6 Å². The molecule has 9 nitrogen and oxygen atoms in total. The van der Waals surface area contributed by atoms with Crippen molar-refractivity contribution < 1.29 is 42.6 Å². The third-order valence-electron chi connectivity index (χ3n) is 17.2. The molecule has 0 fully saturated rings. The number of fused-ring (bicyclic) bond motifs is 16. The summed E-state index contributed by atoms with van der Waals surface area (Å²) in [6.07, 6.45) is 11.9. The SMILES string of the molecule is CCCOc1c2cccc1Cc1cc3cc(c1OCCC)Cc1cc(cc(c1OCCC)Cc1cccc(c1OCCC)C2)SSc1cc2c(OCCC)c(c1)Cc1cc(cc(c1OCCC)Cc1cccc(c1OCCC)Cc1cccc(c1OCCC)C2)COC3. The maximum atomic E-state index is 7.13. The van der Waals surface area contributed by atoms with Crippen molar-refractivity contribution in [2.75, 3.05) is 52.9 Å². The molecule has 0 aromatic heterocycles. The van der Waals surface area contributed by atoms with E-state index < -0.39 is 0 Å². The van der Waals surface area contributed by atoms with Gasteiger partial charge in [0.1, 0.15) is 46.0 Å². The van der Waals surface area contributed by atoms with E-state index in [1.54, 1.807) is 21.6 Å². The maximum Gasteiger partial charge on any atom is 0.126 e. The number of benzene rings is 8. The number of rotatable bonds is 24. The second-order valence-corrected chi connectivity index (χ2v) is 27.4. The molecule has 11 heteroatoms. The summed E-state index contributed by atoms with van der Waals surface area (Å²) >= 11 is 0. The zero-order chi connectivity index (χ0) is 64.5. The van der Waals surface area contributed by atoms with E-state index in [4.69, 9.17) is 42.6 Å². The van der Waals surface area contributed by atoms with Crippen LogP contribution in [0.25, 0.3) is 0 Å². The molecule has 2 aliphatic carbocycles. The third kappa shape index (κ3) is 16.5. The summed E-state index contributed by atoms with van der Waals surface area (Å²) in [6, 6.07) is 45.6. The Balaban J connectivity index is 1.18. The fourth-order valence-corrected chi connectivity index (χ4v) is 15.3. The Morgan fingerprint density at radius 3 is 0.624 bits per heavy atom. The minimum absolute atomic E-state index is 0.375. The Morgan fingerprint density at radius 2 is 0.419 bits per heavy atom. The van der Waals surface area contributed by atoms with Crippen LogP contribution in [0.1, 0.15) is 207 Å². The summed E-state index contributed by atoms with van der Waals surface area (Å²) in [4.78, 5) is 2.27. The van der Waals surface area contributed by atoms with Crippen molar-refractivity contribution in [3.05, 3.63) is 221 Å². The smallest absolute Gasteiger partial charge is 0.126 e. The highest BCUT2D eigenvalue weighted by molar-refractivity contribution is 8.76. The molecule has 0 atom stereocenters. The van der Waals surface area contributed by atoms with Gasteiger partial charge in [-0.2, -0.15) is 0 Å². The van der Waals surface area contributed by atoms with Gasteiger partial charge in [0.2, 0.25) is 0 Å². The molecule has 0 amide bonds. The molecule has 0 spiro atoms. The van der Waals surface area contributed by atoms with Crippen LogP contribution in [-0.4, -0.2) is 52.9 Å². The first-order valence-corrected chi connectivity index (χ1v) is 36.9. The van der Waals surface area contributed by atoms with Gasteiger partial charge in [-0.15, -0.1) is 0 Å². The van der Waals surface area contributed by atoms with Crippen LogP contribution < -0.4 is 37.9 Å². The predicted octanol–water partition coefficient (Wildman–Crippen LogP) is 20.2. The van der Waals surface area contributed by atoms with Crippen LogP contribution in [0.2, 0.25) is 0 Å². The number of hydrogen-bond donors (Lipinski definition) is 0. The molecule has 1 aliphatic heterocycles. The molecule has 0 N–H and O–H groups in total. The number of para-hydroxylation sites is 4. The lowest BCUT2D eigenvalue weighted by Gasteiger charge is -2.24. The van der Waals surface area contributed by atoms with Gasteiger partial charge in [0.15, 0.2) is 0 Å². The molecule has 8 aromatic carbocycles. The Hall–Kier alpha value is -7.18. The highest BCUT2D eigenvalue weighted by Gasteiger charge is 2.27. The lowest BCUT2D eigenvalue weighted by molar-refractivity contribution is 0.107. The van der Waals surface area contributed by atoms with Crippen LogP contribution in [0.5, 0.6) is 46.0 Å². The van der Waals surface area contributed by atoms with Crippen molar-refractivity contribution >= 4 is 21.6 Å². The van der Waals surface area contributed by atoms with Crippen molar-refractivity contribution in [1.82, 2.24) is 0 Å². The number of ether oxygens (including phenoxy) is 9. The van der Waals surface area contributed by atoms with Gasteiger partial charge >= 0.3 is 0 Å². The molecule has 0 saturated heterocycles. The monoisotopic (exact) mass is 1290 g/mol. The zero-order valence-electron chi connectivity index (χ0n) is 56.4. The summed E-state index contributed by atoms with van der Waals surface area (Å²) < 4.78 is 63.2. The molecule has 0 radical (unpaired) electrons. The van der Waals surface area contributed by atoms with Crippen molar-refractivity contribution in [1.29, 1.82) is 0 Å². The van der Waals surface area contributed by atoms with Crippen LogP contribution in [0.15, 0.2) is 131 Å². The van der Waals surface area contributed by atoms with Gasteiger partial charge in [0, 0.05) is 83.4 Å². The average molecular weight is 1290 g/mol. The van der Waals surface area contributed by atoms with E-state index >= 15 is 0 Å². The van der Waals surface area contributed by atoms with E-state index in [9.17, 15) is 0 Å². The van der Waals surface area contributed by atoms with Crippen molar-refractivity contribution in [3.8, 4) is 46.0 Å². The van der Waals surface area contributed by atoms with E-state index in [1.807, 2.05) is 0 Å². The van der Waals surface area contributed by atoms with E-state index in [0.29, 0.717) is 117 Å². The molecule has 0 unspecified atom stereocenters. The second kappa shape index (κ2) is 33.3. The van der Waals surface area contributed by atoms with Crippen molar-refractivity contribution in [2.24, 2.45) is 0 Å². The molecule has 11 rings (SSSR count). The molecular formula is C82H96O9S2. The van der Waals surface area contributed by atoms with E-state index in [0.717, 1.165) is 207 Å². The first-order chi connectivity index (χ1) is 45.7. The van der Waals surface area contributed by atoms with Crippen LogP contribution in [0.3, 0.4) is 0 Å². The first-order valence-electron chi connectivity index (χ1n) is 34.7. The van der Waals surface area contributed by atoms with Crippen LogP contribution in [-0.2, 0) is 69.3 Å². The van der Waals surface area contributed by atoms with Crippen molar-refractivity contribution in [3.63, 3.8) is 0 Å². The Bertz CT molecular complexity index is 3590. The van der Waals surface area contributed by atoms with E-state index in [2.05, 4.69) is 177 Å². The Labute approximate surface area is 562 Å². The minimum atomic E-state index is 0.375. The second-order valence-electron chi connectivity index (χ2n) is 25.1. The van der Waals surface area contributed by atoms with Crippen LogP contribution in [0.4, 0.5) is 0 Å². The molecule has 8 aromatic rings.